The first-order chi connectivity index (χ1) is 17.4. The van der Waals surface area contributed by atoms with Gasteiger partial charge in [-0.25, -0.2) is 4.79 Å². The minimum absolute atomic E-state index is 0.0256. The third-order valence-corrected chi connectivity index (χ3v) is 5.18. The number of carboxylic acid groups (broad SMARTS) is 1. The molecule has 0 radical (unpaired) electrons. The highest BCUT2D eigenvalue weighted by Crippen LogP contribution is 2.43. The number of primary amides is 1. The average Bonchev–Trinajstić information content (AvgIpc) is 3.09. The van der Waals surface area contributed by atoms with Crippen molar-refractivity contribution in [2.45, 2.75) is 13.8 Å². The Balaban J connectivity index is 2.35. The van der Waals surface area contributed by atoms with E-state index < -0.39 is 17.9 Å². The van der Waals surface area contributed by atoms with Crippen LogP contribution in [0, 0.1) is 0 Å². The molecule has 0 spiro atoms. The molecule has 0 aliphatic heterocycles. The number of aromatic nitrogens is 2. The Morgan fingerprint density at radius 1 is 0.833 bits per heavy atom. The number of fused-ring (bicyclic) bond motifs is 4. The van der Waals surface area contributed by atoms with Gasteiger partial charge in [-0.3, -0.25) is 19.5 Å². The van der Waals surface area contributed by atoms with Crippen LogP contribution in [0.2, 0.25) is 0 Å². The quantitative estimate of drug-likeness (QED) is 0.338. The van der Waals surface area contributed by atoms with Crippen LogP contribution in [0.4, 0.5) is 4.79 Å². The van der Waals surface area contributed by atoms with E-state index in [1.54, 1.807) is 68.4 Å². The Hall–Kier alpha value is -4.93. The molecule has 3 aromatic carbocycles. The van der Waals surface area contributed by atoms with Crippen LogP contribution in [0.5, 0.6) is 11.5 Å². The lowest BCUT2D eigenvalue weighted by Crippen LogP contribution is -2.30. The predicted molar refractivity (Wildman–Crippen MR) is 130 cm³/mol. The van der Waals surface area contributed by atoms with E-state index in [1.165, 1.54) is 9.48 Å². The fraction of sp³-hybridized carbons (Fsp3) is 0.160. The second kappa shape index (κ2) is 10.1. The average molecular weight is 492 g/mol. The largest absolute Gasteiger partial charge is 0.490 e. The Morgan fingerprint density at radius 3 is 1.75 bits per heavy atom. The summed E-state index contributed by atoms with van der Waals surface area (Å²) in [4.78, 5) is 37.6. The molecular formula is C25H24N4O7. The van der Waals surface area contributed by atoms with Crippen molar-refractivity contribution in [1.29, 1.82) is 0 Å². The summed E-state index contributed by atoms with van der Waals surface area (Å²) in [5.74, 6) is -1.96. The molecule has 186 valence electrons. The van der Waals surface area contributed by atoms with Gasteiger partial charge in [-0.1, -0.05) is 36.4 Å². The van der Waals surface area contributed by atoms with E-state index in [0.29, 0.717) is 11.4 Å². The molecule has 3 amide bonds. The molecule has 2 bridgehead atoms. The molecule has 0 atom stereocenters. The van der Waals surface area contributed by atoms with Gasteiger partial charge >= 0.3 is 6.09 Å². The van der Waals surface area contributed by atoms with Crippen LogP contribution in [-0.4, -0.2) is 45.7 Å². The summed E-state index contributed by atoms with van der Waals surface area (Å²) >= 11 is 0. The summed E-state index contributed by atoms with van der Waals surface area (Å²) in [5, 5.41) is 11.1. The highest BCUT2D eigenvalue weighted by Gasteiger charge is 2.35. The predicted octanol–water partition coefficient (Wildman–Crippen LogP) is 3.88. The third-order valence-electron chi connectivity index (χ3n) is 5.18. The number of nitrogens with two attached hydrogens (primary N) is 1. The minimum atomic E-state index is -1.59. The first-order valence-corrected chi connectivity index (χ1v) is 11.1. The zero-order valence-corrected chi connectivity index (χ0v) is 19.6. The monoisotopic (exact) mass is 492 g/mol. The lowest BCUT2D eigenvalue weighted by Gasteiger charge is -2.18. The zero-order chi connectivity index (χ0) is 25.8. The number of hydrogen-bond acceptors (Lipinski definition) is 6. The van der Waals surface area contributed by atoms with Gasteiger partial charge in [-0.15, -0.1) is 4.74 Å². The molecule has 5 aromatic rings. The number of ether oxygens (including phenoxy) is 2. The molecule has 11 nitrogen and oxygen atoms in total. The van der Waals surface area contributed by atoms with E-state index in [-0.39, 0.29) is 46.9 Å². The Kier molecular flexibility index (Phi) is 6.81. The molecule has 5 rings (SSSR count). The van der Waals surface area contributed by atoms with Crippen molar-refractivity contribution < 1.29 is 33.6 Å². The van der Waals surface area contributed by atoms with Gasteiger partial charge in [-0.2, -0.15) is 4.74 Å². The first kappa shape index (κ1) is 24.2. The number of imide groups is 1. The van der Waals surface area contributed by atoms with Gasteiger partial charge < -0.3 is 20.3 Å². The maximum atomic E-state index is 13.3. The van der Waals surface area contributed by atoms with Crippen LogP contribution in [0.1, 0.15) is 34.6 Å². The Labute approximate surface area is 205 Å². The Morgan fingerprint density at radius 2 is 1.31 bits per heavy atom. The number of hydrogen-bond donors (Lipinski definition) is 3. The third kappa shape index (κ3) is 4.29. The maximum Gasteiger partial charge on any atom is 0.411 e. The number of carbonyl (C=O) groups excluding carboxylic acids is 2. The van der Waals surface area contributed by atoms with Gasteiger partial charge in [0.05, 0.1) is 24.6 Å². The van der Waals surface area contributed by atoms with Crippen LogP contribution in [0.25, 0.3) is 22.4 Å². The highest BCUT2D eigenvalue weighted by atomic mass is 16.6. The number of rotatable bonds is 8. The number of benzene rings is 3. The van der Waals surface area contributed by atoms with Crippen LogP contribution in [-0.2, 0) is 0 Å². The number of para-hydroxylation sites is 2. The van der Waals surface area contributed by atoms with E-state index >= 15 is 0 Å². The SMILES string of the molecule is CCOc1c(C(N)=O)c2c(C(=O)NC(=O)O)c(OCC)c1n(-c1ccccc1)on2-c1ccccc1. The molecule has 2 heterocycles. The fourth-order valence-electron chi connectivity index (χ4n) is 3.88. The van der Waals surface area contributed by atoms with E-state index in [0.717, 1.165) is 0 Å². The number of carbonyl (C=O) groups is 3. The van der Waals surface area contributed by atoms with Crippen molar-refractivity contribution in [2.24, 2.45) is 5.73 Å². The normalized spacial score (nSPS) is 10.7. The smallest absolute Gasteiger partial charge is 0.411 e. The van der Waals surface area contributed by atoms with Crippen molar-refractivity contribution in [3.05, 3.63) is 71.8 Å². The van der Waals surface area contributed by atoms with Crippen LogP contribution >= 0.6 is 0 Å². The molecule has 0 aliphatic carbocycles. The van der Waals surface area contributed by atoms with Gasteiger partial charge in [0.25, 0.3) is 11.8 Å². The molecule has 0 saturated heterocycles. The van der Waals surface area contributed by atoms with Crippen molar-refractivity contribution in [1.82, 2.24) is 14.8 Å². The summed E-state index contributed by atoms with van der Waals surface area (Å²) in [6.07, 6.45) is -1.59. The molecule has 4 N–H and O–H groups in total. The van der Waals surface area contributed by atoms with Gasteiger partial charge in [0.15, 0.2) is 17.0 Å². The molecular weight excluding hydrogens is 468 g/mol. The first-order valence-electron chi connectivity index (χ1n) is 11.1. The highest BCUT2D eigenvalue weighted by molar-refractivity contribution is 6.18. The van der Waals surface area contributed by atoms with Gasteiger partial charge in [0.1, 0.15) is 16.6 Å². The second-order valence-electron chi connectivity index (χ2n) is 7.44. The second-order valence-corrected chi connectivity index (χ2v) is 7.44. The molecule has 0 aliphatic rings. The van der Waals surface area contributed by atoms with Crippen molar-refractivity contribution in [3.8, 4) is 22.9 Å². The summed E-state index contributed by atoms with van der Waals surface area (Å²) < 4.78 is 20.7. The number of nitrogens with one attached hydrogen (secondary N) is 1. The standard InChI is InChI=1S/C25H24N4O7/c1-3-34-21-17(23(26)30)19-18(24(31)27-25(32)33)22(35-4-2)20(21)29(16-13-9-6-10-14-16)36-28(19)15-11-7-5-8-12-15/h5-14H,3-4H2,1-2H3,(H2,26,30)(H,27,31)(H,32,33). The zero-order valence-electron chi connectivity index (χ0n) is 19.6. The number of nitrogens with zero attached hydrogens (tertiary/aromatic N) is 2. The summed E-state index contributed by atoms with van der Waals surface area (Å²) in [5.41, 5.74) is 6.28. The van der Waals surface area contributed by atoms with Crippen molar-refractivity contribution in [2.75, 3.05) is 13.2 Å². The lowest BCUT2D eigenvalue weighted by molar-refractivity contribution is 0.0945. The number of amides is 3. The van der Waals surface area contributed by atoms with Gasteiger partial charge in [0.2, 0.25) is 0 Å². The van der Waals surface area contributed by atoms with Gasteiger partial charge in [-0.05, 0) is 38.1 Å². The molecule has 0 saturated carbocycles. The van der Waals surface area contributed by atoms with E-state index in [4.69, 9.17) is 19.8 Å². The molecule has 0 unspecified atom stereocenters. The minimum Gasteiger partial charge on any atom is -0.490 e. The van der Waals surface area contributed by atoms with Crippen LogP contribution < -0.4 is 20.5 Å². The van der Waals surface area contributed by atoms with Crippen molar-refractivity contribution >= 4 is 28.9 Å². The molecule has 36 heavy (non-hydrogen) atoms. The molecule has 11 heteroatoms. The van der Waals surface area contributed by atoms with E-state index in [9.17, 15) is 19.5 Å². The topological polar surface area (TPSA) is 151 Å². The van der Waals surface area contributed by atoms with E-state index in [2.05, 4.69) is 0 Å². The van der Waals surface area contributed by atoms with Crippen LogP contribution in [0.15, 0.2) is 65.3 Å². The summed E-state index contributed by atoms with van der Waals surface area (Å²) in [7, 11) is 0. The lowest BCUT2D eigenvalue weighted by atomic mass is 10.0. The van der Waals surface area contributed by atoms with E-state index in [1.807, 2.05) is 11.4 Å². The molecule has 2 aromatic heterocycles. The summed E-state index contributed by atoms with van der Waals surface area (Å²) in [6.45, 7) is 3.67. The van der Waals surface area contributed by atoms with Gasteiger partial charge in [0, 0.05) is 0 Å². The summed E-state index contributed by atoms with van der Waals surface area (Å²) in [6, 6.07) is 17.5. The molecule has 0 fully saturated rings. The van der Waals surface area contributed by atoms with Crippen molar-refractivity contribution in [3.63, 3.8) is 0 Å². The van der Waals surface area contributed by atoms with Crippen LogP contribution in [0.3, 0.4) is 0 Å². The maximum absolute atomic E-state index is 13.3. The fourth-order valence-corrected chi connectivity index (χ4v) is 3.88. The Bertz CT molecular complexity index is 1450.